The molecule has 0 unspecified atom stereocenters. The van der Waals surface area contributed by atoms with Gasteiger partial charge in [-0.05, 0) is 62.4 Å². The number of aryl methyl sites for hydroxylation is 1. The Bertz CT molecular complexity index is 1310. The minimum absolute atomic E-state index is 0.151. The van der Waals surface area contributed by atoms with Gasteiger partial charge in [0.2, 0.25) is 5.91 Å². The lowest BCUT2D eigenvalue weighted by Crippen LogP contribution is -2.47. The van der Waals surface area contributed by atoms with Crippen molar-refractivity contribution in [2.45, 2.75) is 38.3 Å². The molecule has 0 fully saturated rings. The summed E-state index contributed by atoms with van der Waals surface area (Å²) in [5.74, 6) is 6.42. The number of aliphatic hydroxyl groups is 1. The topological polar surface area (TPSA) is 105 Å². The molecule has 0 spiro atoms. The van der Waals surface area contributed by atoms with Crippen molar-refractivity contribution in [2.24, 2.45) is 0 Å². The average Bonchev–Trinajstić information content (AvgIpc) is 2.95. The number of hydrogen-bond acceptors (Lipinski definition) is 6. The molecule has 178 valence electrons. The molecular formula is C27H26N4O4. The third kappa shape index (κ3) is 6.02. The molecule has 35 heavy (non-hydrogen) atoms. The zero-order valence-corrected chi connectivity index (χ0v) is 19.8. The van der Waals surface area contributed by atoms with Crippen molar-refractivity contribution in [3.63, 3.8) is 0 Å². The lowest BCUT2D eigenvalue weighted by molar-refractivity contribution is -0.120. The largest absolute Gasteiger partial charge is 0.457 e. The van der Waals surface area contributed by atoms with Gasteiger partial charge in [-0.15, -0.1) is 0 Å². The Kier molecular flexibility index (Phi) is 6.80. The number of likely N-dealkylation sites (N-methyl/N-ethyl adjacent to an activating group) is 1. The van der Waals surface area contributed by atoms with E-state index in [4.69, 9.17) is 4.74 Å². The van der Waals surface area contributed by atoms with Crippen LogP contribution < -0.4 is 15.0 Å². The molecule has 8 nitrogen and oxygen atoms in total. The number of benzene rings is 1. The minimum Gasteiger partial charge on any atom is -0.457 e. The average molecular weight is 471 g/mol. The van der Waals surface area contributed by atoms with Crippen LogP contribution in [0.4, 0.5) is 5.82 Å². The molecule has 0 saturated heterocycles. The van der Waals surface area contributed by atoms with E-state index in [1.54, 1.807) is 33.0 Å². The van der Waals surface area contributed by atoms with Crippen LogP contribution in [0.5, 0.6) is 11.5 Å². The van der Waals surface area contributed by atoms with E-state index >= 15 is 0 Å². The summed E-state index contributed by atoms with van der Waals surface area (Å²) >= 11 is 0. The van der Waals surface area contributed by atoms with Gasteiger partial charge < -0.3 is 15.2 Å². The molecule has 2 N–H and O–H groups in total. The van der Waals surface area contributed by atoms with Crippen LogP contribution in [0.1, 0.15) is 42.0 Å². The quantitative estimate of drug-likeness (QED) is 0.568. The Morgan fingerprint density at radius 1 is 1.17 bits per heavy atom. The molecule has 2 aromatic heterocycles. The summed E-state index contributed by atoms with van der Waals surface area (Å²) in [6.07, 6.45) is 2.45. The Labute approximate surface area is 204 Å². The number of carbonyl (C=O) groups is 2. The number of para-hydroxylation sites is 1. The molecule has 1 aliphatic rings. The highest BCUT2D eigenvalue weighted by Gasteiger charge is 2.31. The first-order valence-corrected chi connectivity index (χ1v) is 11.2. The van der Waals surface area contributed by atoms with Gasteiger partial charge in [-0.3, -0.25) is 19.5 Å². The first kappa shape index (κ1) is 23.9. The molecule has 3 aromatic rings. The highest BCUT2D eigenvalue weighted by Crippen LogP contribution is 2.25. The van der Waals surface area contributed by atoms with Crippen molar-refractivity contribution in [2.75, 3.05) is 11.9 Å². The van der Waals surface area contributed by atoms with E-state index in [-0.39, 0.29) is 11.6 Å². The van der Waals surface area contributed by atoms with E-state index in [2.05, 4.69) is 27.1 Å². The maximum Gasteiger partial charge on any atom is 0.270 e. The lowest BCUT2D eigenvalue weighted by atomic mass is 10.1. The third-order valence-electron chi connectivity index (χ3n) is 5.35. The summed E-state index contributed by atoms with van der Waals surface area (Å²) < 4.78 is 5.78. The number of hydrogen-bond donors (Lipinski definition) is 2. The molecule has 2 amide bonds. The first-order valence-electron chi connectivity index (χ1n) is 11.2. The number of rotatable bonds is 4. The maximum absolute atomic E-state index is 13.2. The van der Waals surface area contributed by atoms with Crippen LogP contribution >= 0.6 is 0 Å². The van der Waals surface area contributed by atoms with Gasteiger partial charge in [0, 0.05) is 19.3 Å². The van der Waals surface area contributed by atoms with Crippen molar-refractivity contribution in [3.05, 3.63) is 77.7 Å². The molecule has 1 aliphatic heterocycles. The molecular weight excluding hydrogens is 444 g/mol. The number of anilines is 1. The fourth-order valence-electron chi connectivity index (χ4n) is 3.60. The van der Waals surface area contributed by atoms with Crippen LogP contribution in [-0.2, 0) is 11.2 Å². The second-order valence-electron chi connectivity index (χ2n) is 8.74. The molecule has 0 aliphatic carbocycles. The normalized spacial score (nSPS) is 15.4. The van der Waals surface area contributed by atoms with Crippen molar-refractivity contribution in [3.8, 4) is 23.3 Å². The molecule has 1 atom stereocenters. The lowest BCUT2D eigenvalue weighted by Gasteiger charge is -2.21. The van der Waals surface area contributed by atoms with Crippen LogP contribution in [0.2, 0.25) is 0 Å². The summed E-state index contributed by atoms with van der Waals surface area (Å²) in [4.78, 5) is 36.2. The maximum atomic E-state index is 13.2. The van der Waals surface area contributed by atoms with Crippen LogP contribution in [-0.4, -0.2) is 45.6 Å². The summed E-state index contributed by atoms with van der Waals surface area (Å²) in [6, 6.07) is 15.3. The summed E-state index contributed by atoms with van der Waals surface area (Å²) in [7, 11) is 1.62. The van der Waals surface area contributed by atoms with Crippen molar-refractivity contribution in [1.82, 2.24) is 15.3 Å². The van der Waals surface area contributed by atoms with Gasteiger partial charge in [-0.2, -0.15) is 0 Å². The Morgan fingerprint density at radius 2 is 1.94 bits per heavy atom. The predicted octanol–water partition coefficient (Wildman–Crippen LogP) is 3.10. The molecule has 1 aromatic carbocycles. The standard InChI is InChI=1S/C27H26N4O4/c1-27(2,34)15-13-19-11-9-18-10-12-22(26(33)31(3)24(18)29-19)30-25(32)23-17-21(14-16-28-23)35-20-7-5-4-6-8-20/h4-9,11,14,16-17,22,34H,10,12H2,1-3H3,(H,30,32)/t22-/m0/s1. The van der Waals surface area contributed by atoms with E-state index in [0.717, 1.165) is 5.56 Å². The summed E-state index contributed by atoms with van der Waals surface area (Å²) in [5, 5.41) is 12.6. The van der Waals surface area contributed by atoms with E-state index in [0.29, 0.717) is 35.9 Å². The number of nitrogens with zero attached hydrogens (tertiary/aromatic N) is 3. The third-order valence-corrected chi connectivity index (χ3v) is 5.35. The van der Waals surface area contributed by atoms with Crippen LogP contribution in [0.3, 0.4) is 0 Å². The second-order valence-corrected chi connectivity index (χ2v) is 8.74. The number of pyridine rings is 2. The van der Waals surface area contributed by atoms with Crippen molar-refractivity contribution in [1.29, 1.82) is 0 Å². The van der Waals surface area contributed by atoms with Gasteiger partial charge in [0.1, 0.15) is 40.3 Å². The van der Waals surface area contributed by atoms with Gasteiger partial charge in [-0.25, -0.2) is 4.98 Å². The number of amides is 2. The molecule has 8 heteroatoms. The SMILES string of the molecule is CN1C(=O)[C@@H](NC(=O)c2cc(Oc3ccccc3)ccn2)CCc2ccc(C#CC(C)(C)O)nc21. The highest BCUT2D eigenvalue weighted by atomic mass is 16.5. The number of fused-ring (bicyclic) bond motifs is 1. The van der Waals surface area contributed by atoms with E-state index in [1.807, 2.05) is 36.4 Å². The van der Waals surface area contributed by atoms with E-state index in [1.165, 1.54) is 17.2 Å². The van der Waals surface area contributed by atoms with Crippen LogP contribution in [0.25, 0.3) is 0 Å². The molecule has 0 saturated carbocycles. The van der Waals surface area contributed by atoms with Gasteiger partial charge in [0.15, 0.2) is 0 Å². The second kappa shape index (κ2) is 9.95. The van der Waals surface area contributed by atoms with E-state index in [9.17, 15) is 14.7 Å². The molecule has 0 bridgehead atoms. The predicted molar refractivity (Wildman–Crippen MR) is 131 cm³/mol. The fraction of sp³-hybridized carbons (Fsp3) is 0.259. The van der Waals surface area contributed by atoms with Crippen LogP contribution in [0.15, 0.2) is 60.8 Å². The number of carbonyl (C=O) groups excluding carboxylic acids is 2. The summed E-state index contributed by atoms with van der Waals surface area (Å²) in [6.45, 7) is 3.18. The van der Waals surface area contributed by atoms with Gasteiger partial charge in [0.25, 0.3) is 5.91 Å². The summed E-state index contributed by atoms with van der Waals surface area (Å²) in [5.41, 5.74) is 0.330. The first-order chi connectivity index (χ1) is 16.7. The Morgan fingerprint density at radius 3 is 2.69 bits per heavy atom. The van der Waals surface area contributed by atoms with Crippen molar-refractivity contribution >= 4 is 17.6 Å². The monoisotopic (exact) mass is 470 g/mol. The van der Waals surface area contributed by atoms with Crippen molar-refractivity contribution < 1.29 is 19.4 Å². The van der Waals surface area contributed by atoms with Gasteiger partial charge >= 0.3 is 0 Å². The Hall–Kier alpha value is -4.22. The Balaban J connectivity index is 1.48. The number of ether oxygens (including phenoxy) is 1. The zero-order chi connectivity index (χ0) is 25.0. The van der Waals surface area contributed by atoms with E-state index < -0.39 is 17.6 Å². The number of nitrogens with one attached hydrogen (secondary N) is 1. The highest BCUT2D eigenvalue weighted by molar-refractivity contribution is 6.02. The zero-order valence-electron chi connectivity index (χ0n) is 19.8. The van der Waals surface area contributed by atoms with Gasteiger partial charge in [-0.1, -0.05) is 30.2 Å². The van der Waals surface area contributed by atoms with Gasteiger partial charge in [0.05, 0.1) is 0 Å². The smallest absolute Gasteiger partial charge is 0.270 e. The molecule has 4 rings (SSSR count). The molecule has 3 heterocycles. The molecule has 0 radical (unpaired) electrons. The minimum atomic E-state index is -1.15. The number of aromatic nitrogens is 2. The fourth-order valence-corrected chi connectivity index (χ4v) is 3.60. The van der Waals surface area contributed by atoms with Crippen LogP contribution in [0, 0.1) is 11.8 Å².